The number of benzene rings is 1. The Bertz CT molecular complexity index is 1080. The Kier molecular flexibility index (Phi) is 5.59. The summed E-state index contributed by atoms with van der Waals surface area (Å²) in [5, 5.41) is 4.99. The first kappa shape index (κ1) is 20.9. The molecule has 3 heterocycles. The van der Waals surface area contributed by atoms with Gasteiger partial charge in [0.15, 0.2) is 5.82 Å². The lowest BCUT2D eigenvalue weighted by Crippen LogP contribution is -2.54. The number of aromatic nitrogens is 4. The third-order valence-electron chi connectivity index (χ3n) is 6.70. The SMILES string of the molecule is Cc1nc(N2CCN(C(=O)C3(c4ccc(Cl)cc4)CCCC3)CC2)cc(-n2cccn2)n1. The molecular weight excluding hydrogens is 424 g/mol. The Labute approximate surface area is 193 Å². The van der Waals surface area contributed by atoms with Crippen LogP contribution in [0.4, 0.5) is 5.82 Å². The van der Waals surface area contributed by atoms with Crippen molar-refractivity contribution in [2.75, 3.05) is 31.1 Å². The molecule has 2 aromatic heterocycles. The molecule has 1 saturated carbocycles. The highest BCUT2D eigenvalue weighted by Crippen LogP contribution is 2.43. The Morgan fingerprint density at radius 3 is 2.34 bits per heavy atom. The van der Waals surface area contributed by atoms with Crippen LogP contribution in [0.5, 0.6) is 0 Å². The molecule has 0 N–H and O–H groups in total. The predicted octanol–water partition coefficient (Wildman–Crippen LogP) is 3.78. The van der Waals surface area contributed by atoms with Gasteiger partial charge < -0.3 is 9.80 Å². The van der Waals surface area contributed by atoms with Crippen molar-refractivity contribution in [2.24, 2.45) is 0 Å². The number of amides is 1. The van der Waals surface area contributed by atoms with E-state index in [0.717, 1.165) is 56.0 Å². The first-order chi connectivity index (χ1) is 15.5. The molecule has 32 heavy (non-hydrogen) atoms. The molecule has 166 valence electrons. The van der Waals surface area contributed by atoms with Gasteiger partial charge in [0.1, 0.15) is 11.6 Å². The quantitative estimate of drug-likeness (QED) is 0.605. The average molecular weight is 451 g/mol. The zero-order valence-electron chi connectivity index (χ0n) is 18.2. The second-order valence-corrected chi connectivity index (χ2v) is 9.09. The number of halogens is 1. The van der Waals surface area contributed by atoms with Crippen LogP contribution in [-0.2, 0) is 10.2 Å². The van der Waals surface area contributed by atoms with Crippen LogP contribution >= 0.6 is 11.6 Å². The number of nitrogens with zero attached hydrogens (tertiary/aromatic N) is 6. The van der Waals surface area contributed by atoms with Gasteiger partial charge in [-0.05, 0) is 43.5 Å². The van der Waals surface area contributed by atoms with Crippen LogP contribution in [0.25, 0.3) is 5.82 Å². The van der Waals surface area contributed by atoms with E-state index in [2.05, 4.69) is 20.0 Å². The standard InChI is InChI=1S/C24H27ClN6O/c1-18-27-21(17-22(28-18)31-12-4-11-26-31)29-13-15-30(16-14-29)23(32)24(9-2-3-10-24)19-5-7-20(25)8-6-19/h4-8,11-12,17H,2-3,9-10,13-16H2,1H3. The molecular formula is C24H27ClN6O. The number of carbonyl (C=O) groups excluding carboxylic acids is 1. The van der Waals surface area contributed by atoms with Crippen molar-refractivity contribution < 1.29 is 4.79 Å². The number of anilines is 1. The zero-order chi connectivity index (χ0) is 22.1. The van der Waals surface area contributed by atoms with Gasteiger partial charge in [-0.15, -0.1) is 0 Å². The second-order valence-electron chi connectivity index (χ2n) is 8.66. The first-order valence-electron chi connectivity index (χ1n) is 11.2. The van der Waals surface area contributed by atoms with Gasteiger partial charge >= 0.3 is 0 Å². The van der Waals surface area contributed by atoms with Gasteiger partial charge in [-0.2, -0.15) is 5.10 Å². The minimum atomic E-state index is -0.411. The summed E-state index contributed by atoms with van der Waals surface area (Å²) in [4.78, 5) is 27.2. The molecule has 0 bridgehead atoms. The molecule has 1 aromatic carbocycles. The first-order valence-corrected chi connectivity index (χ1v) is 11.6. The Balaban J connectivity index is 1.32. The highest BCUT2D eigenvalue weighted by Gasteiger charge is 2.45. The van der Waals surface area contributed by atoms with Gasteiger partial charge in [0.05, 0.1) is 5.41 Å². The molecule has 0 atom stereocenters. The van der Waals surface area contributed by atoms with E-state index < -0.39 is 5.41 Å². The fraction of sp³-hybridized carbons (Fsp3) is 0.417. The molecule has 2 aliphatic rings. The maximum absolute atomic E-state index is 13.8. The predicted molar refractivity (Wildman–Crippen MR) is 124 cm³/mol. The molecule has 5 rings (SSSR count). The maximum atomic E-state index is 13.8. The number of piperazine rings is 1. The summed E-state index contributed by atoms with van der Waals surface area (Å²) in [5.74, 6) is 2.60. The van der Waals surface area contributed by atoms with Crippen LogP contribution in [0, 0.1) is 6.92 Å². The monoisotopic (exact) mass is 450 g/mol. The fourth-order valence-corrected chi connectivity index (χ4v) is 5.16. The lowest BCUT2D eigenvalue weighted by Gasteiger charge is -2.40. The van der Waals surface area contributed by atoms with Gasteiger partial charge in [0.2, 0.25) is 5.91 Å². The average Bonchev–Trinajstić information content (AvgIpc) is 3.52. The second kappa shape index (κ2) is 8.54. The molecule has 1 aliphatic heterocycles. The van der Waals surface area contributed by atoms with Crippen LogP contribution in [0.3, 0.4) is 0 Å². The molecule has 1 aliphatic carbocycles. The molecule has 8 heteroatoms. The van der Waals surface area contributed by atoms with E-state index in [1.54, 1.807) is 10.9 Å². The normalized spacial score (nSPS) is 18.2. The third kappa shape index (κ3) is 3.86. The number of hydrogen-bond donors (Lipinski definition) is 0. The molecule has 0 spiro atoms. The van der Waals surface area contributed by atoms with E-state index in [1.807, 2.05) is 54.4 Å². The van der Waals surface area contributed by atoms with Crippen LogP contribution in [0.2, 0.25) is 5.02 Å². The van der Waals surface area contributed by atoms with Gasteiger partial charge in [0, 0.05) is 49.7 Å². The molecule has 1 amide bonds. The molecule has 0 unspecified atom stereocenters. The smallest absolute Gasteiger partial charge is 0.233 e. The van der Waals surface area contributed by atoms with Crippen molar-refractivity contribution in [3.63, 3.8) is 0 Å². The van der Waals surface area contributed by atoms with E-state index in [1.165, 1.54) is 0 Å². The van der Waals surface area contributed by atoms with Gasteiger partial charge in [-0.3, -0.25) is 4.79 Å². The highest BCUT2D eigenvalue weighted by atomic mass is 35.5. The fourth-order valence-electron chi connectivity index (χ4n) is 5.04. The van der Waals surface area contributed by atoms with Gasteiger partial charge in [-0.25, -0.2) is 14.6 Å². The largest absolute Gasteiger partial charge is 0.353 e. The van der Waals surface area contributed by atoms with Crippen LogP contribution < -0.4 is 4.90 Å². The van der Waals surface area contributed by atoms with Crippen LogP contribution in [0.1, 0.15) is 37.1 Å². The number of carbonyl (C=O) groups is 1. The topological polar surface area (TPSA) is 67.2 Å². The minimum Gasteiger partial charge on any atom is -0.353 e. The van der Waals surface area contributed by atoms with Gasteiger partial charge in [0.25, 0.3) is 0 Å². The van der Waals surface area contributed by atoms with E-state index in [9.17, 15) is 4.79 Å². The molecule has 0 radical (unpaired) electrons. The maximum Gasteiger partial charge on any atom is 0.233 e. The lowest BCUT2D eigenvalue weighted by atomic mass is 9.77. The summed E-state index contributed by atoms with van der Waals surface area (Å²) in [6.45, 7) is 4.77. The van der Waals surface area contributed by atoms with Crippen molar-refractivity contribution in [1.29, 1.82) is 0 Å². The number of hydrogen-bond acceptors (Lipinski definition) is 5. The van der Waals surface area contributed by atoms with Crippen LogP contribution in [0.15, 0.2) is 48.8 Å². The molecule has 1 saturated heterocycles. The van der Waals surface area contributed by atoms with Crippen molar-refractivity contribution in [3.8, 4) is 5.82 Å². The van der Waals surface area contributed by atoms with Crippen molar-refractivity contribution in [3.05, 3.63) is 65.2 Å². The van der Waals surface area contributed by atoms with Gasteiger partial charge in [-0.1, -0.05) is 36.6 Å². The summed E-state index contributed by atoms with van der Waals surface area (Å²) in [6, 6.07) is 11.7. The molecule has 3 aromatic rings. The Morgan fingerprint density at radius 1 is 1.00 bits per heavy atom. The van der Waals surface area contributed by atoms with Crippen molar-refractivity contribution >= 4 is 23.3 Å². The summed E-state index contributed by atoms with van der Waals surface area (Å²) in [6.07, 6.45) is 7.61. The summed E-state index contributed by atoms with van der Waals surface area (Å²) in [7, 11) is 0. The van der Waals surface area contributed by atoms with E-state index in [-0.39, 0.29) is 5.91 Å². The zero-order valence-corrected chi connectivity index (χ0v) is 19.0. The third-order valence-corrected chi connectivity index (χ3v) is 6.96. The summed E-state index contributed by atoms with van der Waals surface area (Å²) in [5.41, 5.74) is 0.688. The summed E-state index contributed by atoms with van der Waals surface area (Å²) < 4.78 is 1.74. The molecule has 7 nitrogen and oxygen atoms in total. The Hall–Kier alpha value is -2.93. The number of aryl methyl sites for hydroxylation is 1. The molecule has 2 fully saturated rings. The van der Waals surface area contributed by atoms with Crippen molar-refractivity contribution in [1.82, 2.24) is 24.6 Å². The van der Waals surface area contributed by atoms with Crippen LogP contribution in [-0.4, -0.2) is 56.7 Å². The Morgan fingerprint density at radius 2 is 1.69 bits per heavy atom. The summed E-state index contributed by atoms with van der Waals surface area (Å²) >= 11 is 6.10. The van der Waals surface area contributed by atoms with Crippen molar-refractivity contribution in [2.45, 2.75) is 38.0 Å². The van der Waals surface area contributed by atoms with E-state index in [4.69, 9.17) is 11.6 Å². The highest BCUT2D eigenvalue weighted by molar-refractivity contribution is 6.30. The number of rotatable bonds is 4. The van der Waals surface area contributed by atoms with E-state index in [0.29, 0.717) is 23.9 Å². The van der Waals surface area contributed by atoms with E-state index >= 15 is 0 Å². The minimum absolute atomic E-state index is 0.257. The lowest BCUT2D eigenvalue weighted by molar-refractivity contribution is -0.137.